The van der Waals surface area contributed by atoms with Crippen LogP contribution in [0, 0.1) is 0 Å². The van der Waals surface area contributed by atoms with Crippen LogP contribution in [0.4, 0.5) is 10.5 Å². The molecule has 0 unspecified atom stereocenters. The standard InChI is InChI=1S/C42H45N7O4/c1-42(2,3)53-41(50)47-23-21-46(22-24-47)39-36(33-9-7-6-8-10-33)26-43-40-38(39)37(45-49(40)29-31-13-18-35(52-5)19-14-31)20-15-32-25-44-48(28-32)27-30-11-16-34(51-4)17-12-30/h6-20,25-26,28H,21-24,27,29H2,1-5H3/b20-15+. The molecule has 1 aliphatic heterocycles. The average Bonchev–Trinajstić information content (AvgIpc) is 3.77. The molecule has 0 spiro atoms. The number of pyridine rings is 1. The van der Waals surface area contributed by atoms with Crippen LogP contribution < -0.4 is 14.4 Å². The Balaban J connectivity index is 1.28. The van der Waals surface area contributed by atoms with Gasteiger partial charge in [0, 0.05) is 49.7 Å². The Morgan fingerprint density at radius 3 is 2.06 bits per heavy atom. The smallest absolute Gasteiger partial charge is 0.410 e. The highest BCUT2D eigenvalue weighted by Crippen LogP contribution is 2.39. The molecule has 0 N–H and O–H groups in total. The van der Waals surface area contributed by atoms with E-state index in [0.717, 1.165) is 61.7 Å². The highest BCUT2D eigenvalue weighted by Gasteiger charge is 2.29. The Hall–Kier alpha value is -6.10. The number of carbonyl (C=O) groups is 1. The van der Waals surface area contributed by atoms with Crippen molar-refractivity contribution in [2.75, 3.05) is 45.3 Å². The minimum atomic E-state index is -0.558. The number of fused-ring (bicyclic) bond motifs is 1. The number of hydrogen-bond donors (Lipinski definition) is 0. The molecule has 1 aliphatic rings. The molecular formula is C42H45N7O4. The molecule has 11 nitrogen and oxygen atoms in total. The third-order valence-electron chi connectivity index (χ3n) is 9.17. The van der Waals surface area contributed by atoms with E-state index in [2.05, 4.69) is 34.3 Å². The Labute approximate surface area is 310 Å². The van der Waals surface area contributed by atoms with Gasteiger partial charge in [-0.25, -0.2) is 14.5 Å². The lowest BCUT2D eigenvalue weighted by Gasteiger charge is -2.37. The minimum Gasteiger partial charge on any atom is -0.497 e. The highest BCUT2D eigenvalue weighted by atomic mass is 16.6. The lowest BCUT2D eigenvalue weighted by Crippen LogP contribution is -2.50. The molecule has 0 atom stereocenters. The van der Waals surface area contributed by atoms with Crippen molar-refractivity contribution < 1.29 is 19.0 Å². The molecule has 11 heteroatoms. The number of methoxy groups -OCH3 is 2. The first-order valence-corrected chi connectivity index (χ1v) is 17.8. The molecule has 3 aromatic carbocycles. The maximum Gasteiger partial charge on any atom is 0.410 e. The molecule has 6 aromatic rings. The summed E-state index contributed by atoms with van der Waals surface area (Å²) in [5.41, 5.74) is 7.29. The predicted molar refractivity (Wildman–Crippen MR) is 208 cm³/mol. The Bertz CT molecular complexity index is 2190. The summed E-state index contributed by atoms with van der Waals surface area (Å²) in [6.07, 6.45) is 9.66. The van der Waals surface area contributed by atoms with Crippen molar-refractivity contribution in [2.45, 2.75) is 39.5 Å². The van der Waals surface area contributed by atoms with Gasteiger partial charge in [-0.2, -0.15) is 10.2 Å². The second-order valence-electron chi connectivity index (χ2n) is 14.1. The SMILES string of the molecule is COc1ccc(Cn2cc(/C=C/c3nn(Cc4ccc(OC)cc4)c4ncc(-c5ccccc5)c(N5CCN(C(=O)OC(C)(C)C)CC5)c34)cn2)cc1. The summed E-state index contributed by atoms with van der Waals surface area (Å²) >= 11 is 0. The first kappa shape index (κ1) is 35.3. The number of nitrogens with zero attached hydrogens (tertiary/aromatic N) is 7. The molecule has 0 saturated carbocycles. The van der Waals surface area contributed by atoms with Gasteiger partial charge in [0.05, 0.1) is 50.3 Å². The van der Waals surface area contributed by atoms with Gasteiger partial charge < -0.3 is 24.0 Å². The van der Waals surface area contributed by atoms with Gasteiger partial charge in [0.25, 0.3) is 0 Å². The van der Waals surface area contributed by atoms with Crippen LogP contribution in [0.25, 0.3) is 34.3 Å². The van der Waals surface area contributed by atoms with Crippen molar-refractivity contribution in [3.8, 4) is 22.6 Å². The van der Waals surface area contributed by atoms with E-state index in [9.17, 15) is 4.79 Å². The topological polar surface area (TPSA) is 99.8 Å². The first-order chi connectivity index (χ1) is 25.7. The fourth-order valence-corrected chi connectivity index (χ4v) is 6.52. The van der Waals surface area contributed by atoms with E-state index < -0.39 is 5.60 Å². The summed E-state index contributed by atoms with van der Waals surface area (Å²) in [4.78, 5) is 22.2. The normalized spacial score (nSPS) is 13.5. The van der Waals surface area contributed by atoms with Crippen LogP contribution in [0.15, 0.2) is 97.5 Å². The number of ether oxygens (including phenoxy) is 3. The van der Waals surface area contributed by atoms with Gasteiger partial charge in [0.2, 0.25) is 0 Å². The summed E-state index contributed by atoms with van der Waals surface area (Å²) < 4.78 is 20.3. The van der Waals surface area contributed by atoms with Crippen molar-refractivity contribution in [1.29, 1.82) is 0 Å². The maximum absolute atomic E-state index is 13.0. The monoisotopic (exact) mass is 711 g/mol. The van der Waals surface area contributed by atoms with Gasteiger partial charge in [-0.1, -0.05) is 54.6 Å². The number of anilines is 1. The third-order valence-corrected chi connectivity index (χ3v) is 9.17. The summed E-state index contributed by atoms with van der Waals surface area (Å²) in [7, 11) is 3.33. The van der Waals surface area contributed by atoms with Gasteiger partial charge in [0.1, 0.15) is 17.1 Å². The number of amides is 1. The predicted octanol–water partition coefficient (Wildman–Crippen LogP) is 7.64. The van der Waals surface area contributed by atoms with Crippen molar-refractivity contribution in [1.82, 2.24) is 29.4 Å². The van der Waals surface area contributed by atoms with E-state index in [0.29, 0.717) is 39.3 Å². The molecule has 7 rings (SSSR count). The lowest BCUT2D eigenvalue weighted by molar-refractivity contribution is 0.0240. The second kappa shape index (κ2) is 15.2. The van der Waals surface area contributed by atoms with Crippen LogP contribution in [0.2, 0.25) is 0 Å². The molecular weight excluding hydrogens is 667 g/mol. The van der Waals surface area contributed by atoms with E-state index in [1.165, 1.54) is 0 Å². The van der Waals surface area contributed by atoms with Gasteiger partial charge >= 0.3 is 6.09 Å². The lowest BCUT2D eigenvalue weighted by atomic mass is 10.0. The molecule has 3 aromatic heterocycles. The van der Waals surface area contributed by atoms with E-state index >= 15 is 0 Å². The van der Waals surface area contributed by atoms with Crippen LogP contribution >= 0.6 is 0 Å². The molecule has 0 radical (unpaired) electrons. The van der Waals surface area contributed by atoms with Gasteiger partial charge in [0.15, 0.2) is 5.65 Å². The Kier molecular flexibility index (Phi) is 10.2. The van der Waals surface area contributed by atoms with Crippen molar-refractivity contribution in [2.24, 2.45) is 0 Å². The zero-order valence-electron chi connectivity index (χ0n) is 30.9. The van der Waals surface area contributed by atoms with Crippen LogP contribution in [-0.4, -0.2) is 81.5 Å². The molecule has 0 aliphatic carbocycles. The zero-order valence-corrected chi connectivity index (χ0v) is 30.9. The summed E-state index contributed by atoms with van der Waals surface area (Å²) in [5.74, 6) is 1.62. The maximum atomic E-state index is 13.0. The van der Waals surface area contributed by atoms with Crippen LogP contribution in [0.5, 0.6) is 11.5 Å². The fraction of sp³-hybridized carbons (Fsp3) is 0.286. The van der Waals surface area contributed by atoms with E-state index in [-0.39, 0.29) is 6.09 Å². The largest absolute Gasteiger partial charge is 0.497 e. The van der Waals surface area contributed by atoms with Crippen molar-refractivity contribution in [3.63, 3.8) is 0 Å². The molecule has 272 valence electrons. The summed E-state index contributed by atoms with van der Waals surface area (Å²) in [6.45, 7) is 9.17. The van der Waals surface area contributed by atoms with E-state index in [1.54, 1.807) is 19.1 Å². The first-order valence-electron chi connectivity index (χ1n) is 17.8. The number of benzene rings is 3. The fourth-order valence-electron chi connectivity index (χ4n) is 6.52. The van der Waals surface area contributed by atoms with Gasteiger partial charge in [-0.05, 0) is 73.9 Å². The minimum absolute atomic E-state index is 0.288. The van der Waals surface area contributed by atoms with Crippen molar-refractivity contribution >= 4 is 35.0 Å². The second-order valence-corrected chi connectivity index (χ2v) is 14.1. The van der Waals surface area contributed by atoms with Crippen LogP contribution in [0.1, 0.15) is 43.2 Å². The van der Waals surface area contributed by atoms with Crippen LogP contribution in [0.3, 0.4) is 0 Å². The number of rotatable bonds is 10. The van der Waals surface area contributed by atoms with E-state index in [4.69, 9.17) is 24.3 Å². The summed E-state index contributed by atoms with van der Waals surface area (Å²) in [6, 6.07) is 26.3. The number of carbonyl (C=O) groups excluding carboxylic acids is 1. The third kappa shape index (κ3) is 8.19. The Morgan fingerprint density at radius 1 is 0.792 bits per heavy atom. The average molecular weight is 712 g/mol. The van der Waals surface area contributed by atoms with Gasteiger partial charge in [-0.3, -0.25) is 4.68 Å². The van der Waals surface area contributed by atoms with Gasteiger partial charge in [-0.15, -0.1) is 0 Å². The molecule has 1 amide bonds. The molecule has 53 heavy (non-hydrogen) atoms. The summed E-state index contributed by atoms with van der Waals surface area (Å²) in [5, 5.41) is 10.8. The highest BCUT2D eigenvalue weighted by molar-refractivity contribution is 6.03. The van der Waals surface area contributed by atoms with E-state index in [1.807, 2.05) is 115 Å². The molecule has 1 saturated heterocycles. The molecule has 1 fully saturated rings. The van der Waals surface area contributed by atoms with Crippen LogP contribution in [-0.2, 0) is 17.8 Å². The number of aromatic nitrogens is 5. The molecule has 4 heterocycles. The molecule has 0 bridgehead atoms. The Morgan fingerprint density at radius 2 is 1.43 bits per heavy atom. The quantitative estimate of drug-likeness (QED) is 0.143. The number of hydrogen-bond acceptors (Lipinski definition) is 8. The van der Waals surface area contributed by atoms with Crippen molar-refractivity contribution in [3.05, 3.63) is 120 Å². The number of piperazine rings is 1. The zero-order chi connectivity index (χ0) is 37.0.